The van der Waals surface area contributed by atoms with Crippen molar-refractivity contribution >= 4 is 21.6 Å². The van der Waals surface area contributed by atoms with Crippen molar-refractivity contribution in [2.45, 2.75) is 30.8 Å². The van der Waals surface area contributed by atoms with Gasteiger partial charge in [0.15, 0.2) is 0 Å². The third kappa shape index (κ3) is 5.60. The lowest BCUT2D eigenvalue weighted by Gasteiger charge is -2.18. The van der Waals surface area contributed by atoms with E-state index < -0.39 is 10.0 Å². The van der Waals surface area contributed by atoms with Gasteiger partial charge in [0.05, 0.1) is 6.61 Å². The standard InChI is InChI=1S/C16H25ClN2O4S/c1-12(11-22-2)23-15-4-3-14(17)9-16(15)24(20,21)19-8-6-13-5-7-18-10-13/h3-4,9,12-13,18-19H,5-8,10-11H2,1-2H3. The predicted molar refractivity (Wildman–Crippen MR) is 94.2 cm³/mol. The summed E-state index contributed by atoms with van der Waals surface area (Å²) in [7, 11) is -2.12. The zero-order valence-electron chi connectivity index (χ0n) is 14.0. The summed E-state index contributed by atoms with van der Waals surface area (Å²) in [5.74, 6) is 0.795. The third-order valence-electron chi connectivity index (χ3n) is 3.93. The molecule has 2 N–H and O–H groups in total. The molecular formula is C16H25ClN2O4S. The van der Waals surface area contributed by atoms with Crippen molar-refractivity contribution in [2.75, 3.05) is 33.4 Å². The minimum absolute atomic E-state index is 0.0579. The summed E-state index contributed by atoms with van der Waals surface area (Å²) in [5.41, 5.74) is 0. The fraction of sp³-hybridized carbons (Fsp3) is 0.625. The fourth-order valence-electron chi connectivity index (χ4n) is 2.71. The van der Waals surface area contributed by atoms with Crippen LogP contribution in [0.5, 0.6) is 5.75 Å². The van der Waals surface area contributed by atoms with E-state index in [4.69, 9.17) is 21.1 Å². The number of sulfonamides is 1. The molecule has 24 heavy (non-hydrogen) atoms. The van der Waals surface area contributed by atoms with Crippen LogP contribution in [0.25, 0.3) is 0 Å². The molecular weight excluding hydrogens is 352 g/mol. The fourth-order valence-corrected chi connectivity index (χ4v) is 4.15. The van der Waals surface area contributed by atoms with Crippen LogP contribution in [0.4, 0.5) is 0 Å². The normalized spacial score (nSPS) is 19.4. The molecule has 0 spiro atoms. The number of halogens is 1. The van der Waals surface area contributed by atoms with Crippen molar-refractivity contribution in [3.8, 4) is 5.75 Å². The number of hydrogen-bond donors (Lipinski definition) is 2. The SMILES string of the molecule is COCC(C)Oc1ccc(Cl)cc1S(=O)(=O)NCCC1CCNC1. The summed E-state index contributed by atoms with van der Waals surface area (Å²) < 4.78 is 38.6. The van der Waals surface area contributed by atoms with Crippen molar-refractivity contribution in [2.24, 2.45) is 5.92 Å². The van der Waals surface area contributed by atoms with Crippen LogP contribution < -0.4 is 14.8 Å². The minimum atomic E-state index is -3.69. The second-order valence-electron chi connectivity index (χ2n) is 6.02. The van der Waals surface area contributed by atoms with Crippen LogP contribution in [0.3, 0.4) is 0 Å². The van der Waals surface area contributed by atoms with Gasteiger partial charge in [-0.05, 0) is 57.0 Å². The number of benzene rings is 1. The van der Waals surface area contributed by atoms with Crippen LogP contribution in [0.2, 0.25) is 5.02 Å². The van der Waals surface area contributed by atoms with Gasteiger partial charge in [0.2, 0.25) is 10.0 Å². The summed E-state index contributed by atoms with van der Waals surface area (Å²) in [6.07, 6.45) is 1.62. The second-order valence-corrected chi connectivity index (χ2v) is 8.19. The zero-order chi connectivity index (χ0) is 17.6. The number of hydrogen-bond acceptors (Lipinski definition) is 5. The Balaban J connectivity index is 2.07. The first kappa shape index (κ1) is 19.5. The molecule has 1 fully saturated rings. The van der Waals surface area contributed by atoms with Gasteiger partial charge in [-0.25, -0.2) is 13.1 Å². The molecule has 1 heterocycles. The summed E-state index contributed by atoms with van der Waals surface area (Å²) in [6, 6.07) is 4.60. The van der Waals surface area contributed by atoms with Crippen molar-refractivity contribution in [3.05, 3.63) is 23.2 Å². The molecule has 0 saturated carbocycles. The Morgan fingerprint density at radius 2 is 2.25 bits per heavy atom. The van der Waals surface area contributed by atoms with Gasteiger partial charge in [0, 0.05) is 18.7 Å². The van der Waals surface area contributed by atoms with Gasteiger partial charge in [-0.3, -0.25) is 0 Å². The maximum absolute atomic E-state index is 12.6. The van der Waals surface area contributed by atoms with E-state index in [-0.39, 0.29) is 16.7 Å². The molecule has 1 saturated heterocycles. The quantitative estimate of drug-likeness (QED) is 0.689. The van der Waals surface area contributed by atoms with Gasteiger partial charge < -0.3 is 14.8 Å². The molecule has 0 bridgehead atoms. The Morgan fingerprint density at radius 3 is 2.92 bits per heavy atom. The number of methoxy groups -OCH3 is 1. The first-order chi connectivity index (χ1) is 11.4. The highest BCUT2D eigenvalue weighted by atomic mass is 35.5. The Kier molecular flexibility index (Phi) is 7.31. The molecule has 2 atom stereocenters. The van der Waals surface area contributed by atoms with Gasteiger partial charge in [-0.2, -0.15) is 0 Å². The smallest absolute Gasteiger partial charge is 0.244 e. The van der Waals surface area contributed by atoms with Crippen LogP contribution in [0.1, 0.15) is 19.8 Å². The van der Waals surface area contributed by atoms with Gasteiger partial charge in [0.25, 0.3) is 0 Å². The van der Waals surface area contributed by atoms with Crippen LogP contribution in [-0.4, -0.2) is 47.9 Å². The summed E-state index contributed by atoms with van der Waals surface area (Å²) in [4.78, 5) is 0.0579. The molecule has 0 amide bonds. The monoisotopic (exact) mass is 376 g/mol. The molecule has 2 unspecified atom stereocenters. The molecule has 0 radical (unpaired) electrons. The van der Waals surface area contributed by atoms with E-state index in [1.165, 1.54) is 6.07 Å². The largest absolute Gasteiger partial charge is 0.487 e. The van der Waals surface area contributed by atoms with E-state index in [9.17, 15) is 8.42 Å². The number of rotatable bonds is 9. The van der Waals surface area contributed by atoms with Gasteiger partial charge in [-0.15, -0.1) is 0 Å². The molecule has 0 aliphatic carbocycles. The highest BCUT2D eigenvalue weighted by Gasteiger charge is 2.22. The molecule has 136 valence electrons. The molecule has 6 nitrogen and oxygen atoms in total. The van der Waals surface area contributed by atoms with Crippen molar-refractivity contribution < 1.29 is 17.9 Å². The summed E-state index contributed by atoms with van der Waals surface area (Å²) in [5, 5.41) is 3.62. The van der Waals surface area contributed by atoms with Gasteiger partial charge in [-0.1, -0.05) is 11.6 Å². The molecule has 0 aromatic heterocycles. The molecule has 1 aliphatic rings. The van der Waals surface area contributed by atoms with Gasteiger partial charge in [0.1, 0.15) is 16.7 Å². The Labute approximate surface area is 148 Å². The molecule has 1 aromatic rings. The van der Waals surface area contributed by atoms with E-state index in [1.54, 1.807) is 19.2 Å². The van der Waals surface area contributed by atoms with Crippen LogP contribution in [-0.2, 0) is 14.8 Å². The van der Waals surface area contributed by atoms with Crippen molar-refractivity contribution in [1.82, 2.24) is 10.0 Å². The molecule has 8 heteroatoms. The van der Waals surface area contributed by atoms with Crippen LogP contribution in [0.15, 0.2) is 23.1 Å². The lowest BCUT2D eigenvalue weighted by molar-refractivity contribution is 0.0901. The maximum atomic E-state index is 12.6. The first-order valence-electron chi connectivity index (χ1n) is 8.08. The maximum Gasteiger partial charge on any atom is 0.244 e. The summed E-state index contributed by atoms with van der Waals surface area (Å²) >= 11 is 5.98. The van der Waals surface area contributed by atoms with E-state index in [2.05, 4.69) is 10.0 Å². The van der Waals surface area contributed by atoms with E-state index in [1.807, 2.05) is 6.92 Å². The average molecular weight is 377 g/mol. The molecule has 2 rings (SSSR count). The lowest BCUT2D eigenvalue weighted by Crippen LogP contribution is -2.28. The summed E-state index contributed by atoms with van der Waals surface area (Å²) in [6.45, 7) is 4.52. The number of ether oxygens (including phenoxy) is 2. The topological polar surface area (TPSA) is 76.7 Å². The molecule has 1 aliphatic heterocycles. The second kappa shape index (κ2) is 9.01. The Bertz CT molecular complexity index is 633. The van der Waals surface area contributed by atoms with Gasteiger partial charge >= 0.3 is 0 Å². The first-order valence-corrected chi connectivity index (χ1v) is 9.94. The third-order valence-corrected chi connectivity index (χ3v) is 5.65. The van der Waals surface area contributed by atoms with Crippen LogP contribution in [0, 0.1) is 5.92 Å². The molecule has 1 aromatic carbocycles. The van der Waals surface area contributed by atoms with Crippen molar-refractivity contribution in [3.63, 3.8) is 0 Å². The van der Waals surface area contributed by atoms with E-state index in [0.29, 0.717) is 24.1 Å². The van der Waals surface area contributed by atoms with E-state index in [0.717, 1.165) is 25.9 Å². The van der Waals surface area contributed by atoms with E-state index >= 15 is 0 Å². The number of nitrogens with one attached hydrogen (secondary N) is 2. The lowest BCUT2D eigenvalue weighted by atomic mass is 10.1. The van der Waals surface area contributed by atoms with Crippen molar-refractivity contribution in [1.29, 1.82) is 0 Å². The highest BCUT2D eigenvalue weighted by molar-refractivity contribution is 7.89. The van der Waals surface area contributed by atoms with Crippen LogP contribution >= 0.6 is 11.6 Å². The Morgan fingerprint density at radius 1 is 1.46 bits per heavy atom. The minimum Gasteiger partial charge on any atom is -0.487 e. The average Bonchev–Trinajstić information content (AvgIpc) is 3.02. The highest BCUT2D eigenvalue weighted by Crippen LogP contribution is 2.28. The predicted octanol–water partition coefficient (Wildman–Crippen LogP) is 2.03. The Hall–Kier alpha value is -0.860. The zero-order valence-corrected chi connectivity index (χ0v) is 15.6.